The molecular formula is C21H21BrN4. The second-order valence-electron chi connectivity index (χ2n) is 6.78. The van der Waals surface area contributed by atoms with Gasteiger partial charge in [-0.1, -0.05) is 24.3 Å². The Morgan fingerprint density at radius 2 is 1.85 bits per heavy atom. The van der Waals surface area contributed by atoms with Crippen LogP contribution in [0.5, 0.6) is 0 Å². The van der Waals surface area contributed by atoms with Gasteiger partial charge in [0.05, 0.1) is 11.0 Å². The van der Waals surface area contributed by atoms with Gasteiger partial charge in [-0.3, -0.25) is 9.67 Å². The third kappa shape index (κ3) is 3.24. The van der Waals surface area contributed by atoms with E-state index in [9.17, 15) is 0 Å². The molecule has 4 nitrogen and oxygen atoms in total. The van der Waals surface area contributed by atoms with Gasteiger partial charge in [0.1, 0.15) is 4.60 Å². The summed E-state index contributed by atoms with van der Waals surface area (Å²) in [7, 11) is 4.19. The summed E-state index contributed by atoms with van der Waals surface area (Å²) in [6.07, 6.45) is 2.94. The van der Waals surface area contributed by atoms with Crippen molar-refractivity contribution in [2.24, 2.45) is 0 Å². The molecule has 26 heavy (non-hydrogen) atoms. The number of aryl methyl sites for hydroxylation is 1. The number of aromatic nitrogens is 3. The maximum Gasteiger partial charge on any atom is 0.111 e. The van der Waals surface area contributed by atoms with E-state index in [1.54, 1.807) is 0 Å². The zero-order valence-corrected chi connectivity index (χ0v) is 16.6. The van der Waals surface area contributed by atoms with Gasteiger partial charge in [0, 0.05) is 23.5 Å². The minimum atomic E-state index is 0.904. The predicted molar refractivity (Wildman–Crippen MR) is 111 cm³/mol. The van der Waals surface area contributed by atoms with Gasteiger partial charge in [0.2, 0.25) is 0 Å². The van der Waals surface area contributed by atoms with Crippen molar-refractivity contribution in [3.05, 3.63) is 59.3 Å². The Balaban J connectivity index is 1.73. The van der Waals surface area contributed by atoms with E-state index in [1.807, 2.05) is 18.3 Å². The summed E-state index contributed by atoms with van der Waals surface area (Å²) in [6.45, 7) is 1.96. The molecule has 0 atom stereocenters. The van der Waals surface area contributed by atoms with E-state index in [4.69, 9.17) is 5.10 Å². The van der Waals surface area contributed by atoms with Crippen LogP contribution in [-0.4, -0.2) is 40.3 Å². The molecule has 4 aromatic rings. The average molecular weight is 409 g/mol. The summed E-state index contributed by atoms with van der Waals surface area (Å²) in [4.78, 5) is 6.66. The van der Waals surface area contributed by atoms with Gasteiger partial charge in [0.15, 0.2) is 0 Å². The lowest BCUT2D eigenvalue weighted by molar-refractivity contribution is 0.380. The van der Waals surface area contributed by atoms with E-state index in [2.05, 4.69) is 81.0 Å². The molecule has 0 amide bonds. The molecule has 0 aliphatic rings. The van der Waals surface area contributed by atoms with Crippen LogP contribution in [0.1, 0.15) is 6.42 Å². The minimum absolute atomic E-state index is 0.904. The number of rotatable bonds is 5. The zero-order valence-electron chi connectivity index (χ0n) is 15.0. The minimum Gasteiger partial charge on any atom is -0.309 e. The largest absolute Gasteiger partial charge is 0.309 e. The van der Waals surface area contributed by atoms with Crippen LogP contribution < -0.4 is 0 Å². The second kappa shape index (κ2) is 7.17. The van der Waals surface area contributed by atoms with Crippen LogP contribution >= 0.6 is 15.9 Å². The van der Waals surface area contributed by atoms with E-state index < -0.39 is 0 Å². The Labute approximate surface area is 161 Å². The first-order valence-corrected chi connectivity index (χ1v) is 9.58. The topological polar surface area (TPSA) is 34.0 Å². The van der Waals surface area contributed by atoms with Gasteiger partial charge in [-0.15, -0.1) is 0 Å². The van der Waals surface area contributed by atoms with Gasteiger partial charge in [0.25, 0.3) is 0 Å². The molecule has 0 spiro atoms. The number of para-hydroxylation sites is 1. The number of nitrogens with zero attached hydrogens (tertiary/aromatic N) is 4. The molecule has 0 aliphatic carbocycles. The molecule has 0 N–H and O–H groups in total. The maximum atomic E-state index is 4.81. The van der Waals surface area contributed by atoms with Crippen molar-refractivity contribution in [3.8, 4) is 11.1 Å². The third-order valence-corrected chi connectivity index (χ3v) is 5.45. The molecule has 0 radical (unpaired) electrons. The van der Waals surface area contributed by atoms with Crippen molar-refractivity contribution in [2.75, 3.05) is 20.6 Å². The Morgan fingerprint density at radius 1 is 1.00 bits per heavy atom. The fraction of sp³-hybridized carbons (Fsp3) is 0.238. The SMILES string of the molecule is CN(C)CCCn1nc2cc(-c3ccnc4ccccc34)ccc2c1Br. The van der Waals surface area contributed by atoms with E-state index >= 15 is 0 Å². The molecule has 0 saturated carbocycles. The summed E-state index contributed by atoms with van der Waals surface area (Å²) in [6, 6.07) is 16.8. The Morgan fingerprint density at radius 3 is 2.69 bits per heavy atom. The monoisotopic (exact) mass is 408 g/mol. The highest BCUT2D eigenvalue weighted by atomic mass is 79.9. The van der Waals surface area contributed by atoms with Gasteiger partial charge in [-0.05, 0) is 78.4 Å². The van der Waals surface area contributed by atoms with Gasteiger partial charge in [-0.2, -0.15) is 5.10 Å². The number of hydrogen-bond acceptors (Lipinski definition) is 3. The molecule has 5 heteroatoms. The van der Waals surface area contributed by atoms with Crippen LogP contribution in [0.2, 0.25) is 0 Å². The lowest BCUT2D eigenvalue weighted by Gasteiger charge is -2.09. The van der Waals surface area contributed by atoms with Crippen molar-refractivity contribution in [1.82, 2.24) is 19.7 Å². The molecule has 0 saturated heterocycles. The summed E-state index contributed by atoms with van der Waals surface area (Å²) in [5.74, 6) is 0. The second-order valence-corrected chi connectivity index (χ2v) is 7.53. The molecule has 2 aromatic heterocycles. The molecule has 0 fully saturated rings. The van der Waals surface area contributed by atoms with Crippen LogP contribution in [0.25, 0.3) is 32.9 Å². The van der Waals surface area contributed by atoms with Crippen LogP contribution in [0.3, 0.4) is 0 Å². The molecule has 0 bridgehead atoms. The number of pyridine rings is 1. The van der Waals surface area contributed by atoms with E-state index in [0.717, 1.165) is 40.5 Å². The first-order valence-electron chi connectivity index (χ1n) is 8.78. The van der Waals surface area contributed by atoms with E-state index in [1.165, 1.54) is 16.5 Å². The highest BCUT2D eigenvalue weighted by molar-refractivity contribution is 9.10. The lowest BCUT2D eigenvalue weighted by Crippen LogP contribution is -2.15. The van der Waals surface area contributed by atoms with E-state index in [0.29, 0.717) is 0 Å². The standard InChI is InChI=1S/C21H21BrN4/c1-25(2)12-5-13-26-21(22)18-9-8-15(14-20(18)24-26)16-10-11-23-19-7-4-3-6-17(16)19/h3-4,6-11,14H,5,12-13H2,1-2H3. The zero-order chi connectivity index (χ0) is 18.1. The average Bonchev–Trinajstić information content (AvgIpc) is 2.96. The smallest absolute Gasteiger partial charge is 0.111 e. The first-order chi connectivity index (χ1) is 12.6. The summed E-state index contributed by atoms with van der Waals surface area (Å²) in [5, 5.41) is 7.13. The van der Waals surface area contributed by atoms with Crippen molar-refractivity contribution in [2.45, 2.75) is 13.0 Å². The number of hydrogen-bond donors (Lipinski definition) is 0. The van der Waals surface area contributed by atoms with Crippen molar-refractivity contribution < 1.29 is 0 Å². The Hall–Kier alpha value is -2.24. The summed E-state index contributed by atoms with van der Waals surface area (Å²) in [5.41, 5.74) is 4.39. The molecule has 2 aromatic carbocycles. The Kier molecular flexibility index (Phi) is 4.74. The predicted octanol–water partition coefficient (Wildman–Crippen LogP) is 4.97. The molecule has 2 heterocycles. The summed E-state index contributed by atoms with van der Waals surface area (Å²) < 4.78 is 3.11. The third-order valence-electron chi connectivity index (χ3n) is 4.61. The van der Waals surface area contributed by atoms with Crippen molar-refractivity contribution in [3.63, 3.8) is 0 Å². The first kappa shape index (κ1) is 17.2. The molecule has 0 aliphatic heterocycles. The normalized spacial score (nSPS) is 11.7. The van der Waals surface area contributed by atoms with Crippen LogP contribution in [0, 0.1) is 0 Å². The van der Waals surface area contributed by atoms with Crippen LogP contribution in [-0.2, 0) is 6.54 Å². The lowest BCUT2D eigenvalue weighted by atomic mass is 10.0. The highest BCUT2D eigenvalue weighted by Gasteiger charge is 2.11. The maximum absolute atomic E-state index is 4.81. The quantitative estimate of drug-likeness (QED) is 0.467. The van der Waals surface area contributed by atoms with Crippen LogP contribution in [0.4, 0.5) is 0 Å². The molecular weight excluding hydrogens is 388 g/mol. The van der Waals surface area contributed by atoms with Crippen molar-refractivity contribution >= 4 is 37.7 Å². The van der Waals surface area contributed by atoms with Crippen molar-refractivity contribution in [1.29, 1.82) is 0 Å². The highest BCUT2D eigenvalue weighted by Crippen LogP contribution is 2.32. The molecule has 132 valence electrons. The van der Waals surface area contributed by atoms with Gasteiger partial charge < -0.3 is 4.90 Å². The number of fused-ring (bicyclic) bond motifs is 2. The fourth-order valence-electron chi connectivity index (χ4n) is 3.30. The fourth-order valence-corrected chi connectivity index (χ4v) is 3.89. The molecule has 0 unspecified atom stereocenters. The van der Waals surface area contributed by atoms with E-state index in [-0.39, 0.29) is 0 Å². The molecule has 4 rings (SSSR count). The van der Waals surface area contributed by atoms with Gasteiger partial charge >= 0.3 is 0 Å². The number of benzene rings is 2. The number of halogens is 1. The summed E-state index contributed by atoms with van der Waals surface area (Å²) >= 11 is 3.72. The van der Waals surface area contributed by atoms with Crippen LogP contribution in [0.15, 0.2) is 59.3 Å². The van der Waals surface area contributed by atoms with Gasteiger partial charge in [-0.25, -0.2) is 0 Å². The Bertz CT molecular complexity index is 1060.